The van der Waals surface area contributed by atoms with Gasteiger partial charge in [0.05, 0.1) is 35.0 Å². The van der Waals surface area contributed by atoms with Gasteiger partial charge in [0.2, 0.25) is 0 Å². The molecule has 35 heavy (non-hydrogen) atoms. The van der Waals surface area contributed by atoms with E-state index in [1.165, 1.54) is 10.2 Å². The SMILES string of the molecule is Cc1ccc(S(=O)(=O)n2cc([Si](C)(C)C)c3nc(-c4ccc(S(=O)(=O)C(C)C)cc4)cnc32)cc1. The normalized spacial score (nSPS) is 13.0. The van der Waals surface area contributed by atoms with E-state index >= 15 is 0 Å². The van der Waals surface area contributed by atoms with Crippen LogP contribution in [0.4, 0.5) is 0 Å². The third-order valence-corrected chi connectivity index (χ3v) is 11.8. The van der Waals surface area contributed by atoms with Gasteiger partial charge in [0, 0.05) is 11.8 Å². The minimum Gasteiger partial charge on any atom is -0.243 e. The Balaban J connectivity index is 1.87. The zero-order chi connectivity index (χ0) is 25.8. The van der Waals surface area contributed by atoms with Crippen LogP contribution in [0.2, 0.25) is 19.6 Å². The molecule has 4 rings (SSSR count). The molecule has 0 radical (unpaired) electrons. The number of aryl methyl sites for hydroxylation is 1. The average molecular weight is 528 g/mol. The molecule has 0 N–H and O–H groups in total. The van der Waals surface area contributed by atoms with Gasteiger partial charge in [0.25, 0.3) is 10.0 Å². The van der Waals surface area contributed by atoms with Crippen LogP contribution in [0.5, 0.6) is 0 Å². The lowest BCUT2D eigenvalue weighted by Gasteiger charge is -2.14. The number of benzene rings is 2. The maximum Gasteiger partial charge on any atom is 0.269 e. The molecule has 10 heteroatoms. The van der Waals surface area contributed by atoms with Gasteiger partial charge in [-0.15, -0.1) is 0 Å². The molecule has 0 aliphatic rings. The van der Waals surface area contributed by atoms with Gasteiger partial charge in [-0.1, -0.05) is 49.5 Å². The summed E-state index contributed by atoms with van der Waals surface area (Å²) in [4.78, 5) is 9.79. The Morgan fingerprint density at radius 2 is 1.43 bits per heavy atom. The smallest absolute Gasteiger partial charge is 0.243 e. The monoisotopic (exact) mass is 527 g/mol. The molecule has 0 aliphatic heterocycles. The number of hydrogen-bond donors (Lipinski definition) is 0. The van der Waals surface area contributed by atoms with E-state index in [1.807, 2.05) is 6.92 Å². The zero-order valence-corrected chi connectivity index (χ0v) is 23.3. The molecule has 0 fully saturated rings. The van der Waals surface area contributed by atoms with Crippen molar-refractivity contribution in [3.63, 3.8) is 0 Å². The van der Waals surface area contributed by atoms with Crippen LogP contribution in [0.3, 0.4) is 0 Å². The van der Waals surface area contributed by atoms with Gasteiger partial charge < -0.3 is 0 Å². The summed E-state index contributed by atoms with van der Waals surface area (Å²) in [5, 5.41) is 0.371. The number of sulfone groups is 1. The van der Waals surface area contributed by atoms with Crippen LogP contribution in [0.15, 0.2) is 70.7 Å². The summed E-state index contributed by atoms with van der Waals surface area (Å²) < 4.78 is 53.1. The van der Waals surface area contributed by atoms with E-state index in [9.17, 15) is 16.8 Å². The topological polar surface area (TPSA) is 99.0 Å². The van der Waals surface area contributed by atoms with Crippen LogP contribution >= 0.6 is 0 Å². The molecule has 4 aromatic rings. The number of rotatable bonds is 6. The summed E-state index contributed by atoms with van der Waals surface area (Å²) in [5.74, 6) is 0. The van der Waals surface area contributed by atoms with Gasteiger partial charge in [-0.3, -0.25) is 0 Å². The predicted molar refractivity (Wildman–Crippen MR) is 142 cm³/mol. The van der Waals surface area contributed by atoms with Crippen molar-refractivity contribution in [1.29, 1.82) is 0 Å². The molecule has 0 amide bonds. The van der Waals surface area contributed by atoms with Crippen molar-refractivity contribution >= 4 is 44.3 Å². The molecule has 0 spiro atoms. The van der Waals surface area contributed by atoms with Crippen LogP contribution in [0, 0.1) is 6.92 Å². The highest BCUT2D eigenvalue weighted by Crippen LogP contribution is 2.26. The molecular formula is C25H29N3O4S2Si. The Morgan fingerprint density at radius 3 is 1.97 bits per heavy atom. The molecule has 0 aliphatic carbocycles. The fraction of sp³-hybridized carbons (Fsp3) is 0.280. The second-order valence-corrected chi connectivity index (χ2v) is 19.3. The van der Waals surface area contributed by atoms with E-state index in [4.69, 9.17) is 4.98 Å². The van der Waals surface area contributed by atoms with Crippen molar-refractivity contribution in [2.24, 2.45) is 0 Å². The van der Waals surface area contributed by atoms with Gasteiger partial charge in [-0.25, -0.2) is 30.8 Å². The summed E-state index contributed by atoms with van der Waals surface area (Å²) >= 11 is 0. The number of hydrogen-bond acceptors (Lipinski definition) is 6. The van der Waals surface area contributed by atoms with E-state index in [0.29, 0.717) is 16.8 Å². The van der Waals surface area contributed by atoms with Crippen molar-refractivity contribution in [2.75, 3.05) is 0 Å². The molecule has 184 valence electrons. The fourth-order valence-corrected chi connectivity index (χ4v) is 7.61. The largest absolute Gasteiger partial charge is 0.269 e. The summed E-state index contributed by atoms with van der Waals surface area (Å²) in [5.41, 5.74) is 3.07. The second-order valence-electron chi connectivity index (χ2n) is 9.95. The lowest BCUT2D eigenvalue weighted by atomic mass is 10.2. The second kappa shape index (κ2) is 8.68. The van der Waals surface area contributed by atoms with E-state index in [-0.39, 0.29) is 15.4 Å². The van der Waals surface area contributed by atoms with E-state index in [0.717, 1.165) is 10.8 Å². The highest BCUT2D eigenvalue weighted by molar-refractivity contribution is 7.92. The molecule has 2 heterocycles. The predicted octanol–water partition coefficient (Wildman–Crippen LogP) is 4.37. The fourth-order valence-electron chi connectivity index (χ4n) is 3.75. The first-order valence-corrected chi connectivity index (χ1v) is 17.8. The summed E-state index contributed by atoms with van der Waals surface area (Å²) in [7, 11) is -9.24. The van der Waals surface area contributed by atoms with Crippen molar-refractivity contribution in [3.05, 3.63) is 66.5 Å². The Kier molecular flexibility index (Phi) is 6.27. The Bertz CT molecular complexity index is 1620. The number of nitrogens with zero attached hydrogens (tertiary/aromatic N) is 3. The van der Waals surface area contributed by atoms with Gasteiger partial charge in [0.15, 0.2) is 15.5 Å². The molecule has 2 aromatic heterocycles. The van der Waals surface area contributed by atoms with Crippen LogP contribution in [0.1, 0.15) is 19.4 Å². The Labute approximate surface area is 207 Å². The standard InChI is InChI=1S/C25H29N3O4S2Si/c1-17(2)33(29,30)20-13-9-19(10-14-20)22-15-26-25-24(27-22)23(35(4,5)6)16-28(25)34(31,32)21-11-7-18(3)8-12-21/h7-17H,1-6H3. The molecule has 0 saturated carbocycles. The summed E-state index contributed by atoms with van der Waals surface area (Å²) in [6.45, 7) is 11.6. The van der Waals surface area contributed by atoms with Gasteiger partial charge >= 0.3 is 0 Å². The molecule has 0 unspecified atom stereocenters. The third kappa shape index (κ3) is 4.57. The Morgan fingerprint density at radius 1 is 0.857 bits per heavy atom. The number of aromatic nitrogens is 3. The van der Waals surface area contributed by atoms with Gasteiger partial charge in [-0.2, -0.15) is 0 Å². The highest BCUT2D eigenvalue weighted by atomic mass is 32.2. The maximum atomic E-state index is 13.5. The average Bonchev–Trinajstić information content (AvgIpc) is 3.19. The molecule has 0 atom stereocenters. The minimum absolute atomic E-state index is 0.190. The van der Waals surface area contributed by atoms with E-state index in [1.54, 1.807) is 68.6 Å². The summed E-state index contributed by atoms with van der Waals surface area (Å²) in [6.07, 6.45) is 3.19. The Hall–Kier alpha value is -2.82. The first kappa shape index (κ1) is 25.3. The first-order valence-electron chi connectivity index (χ1n) is 11.3. The van der Waals surface area contributed by atoms with Crippen LogP contribution in [-0.4, -0.2) is 44.1 Å². The lowest BCUT2D eigenvalue weighted by Crippen LogP contribution is -2.37. The minimum atomic E-state index is -3.86. The van der Waals surface area contributed by atoms with Gasteiger partial charge in [0.1, 0.15) is 5.52 Å². The molecule has 2 aromatic carbocycles. The van der Waals surface area contributed by atoms with Crippen LogP contribution in [-0.2, 0) is 19.9 Å². The quantitative estimate of drug-likeness (QED) is 0.345. The molecule has 0 bridgehead atoms. The molecular weight excluding hydrogens is 499 g/mol. The highest BCUT2D eigenvalue weighted by Gasteiger charge is 2.29. The molecule has 0 saturated heterocycles. The van der Waals surface area contributed by atoms with Crippen molar-refractivity contribution in [2.45, 2.75) is 55.5 Å². The van der Waals surface area contributed by atoms with Crippen LogP contribution < -0.4 is 5.19 Å². The van der Waals surface area contributed by atoms with E-state index < -0.39 is 33.2 Å². The van der Waals surface area contributed by atoms with Crippen molar-refractivity contribution in [1.82, 2.24) is 13.9 Å². The van der Waals surface area contributed by atoms with Crippen LogP contribution in [0.25, 0.3) is 22.4 Å². The van der Waals surface area contributed by atoms with Gasteiger partial charge in [-0.05, 0) is 50.2 Å². The van der Waals surface area contributed by atoms with Crippen molar-refractivity contribution in [3.8, 4) is 11.3 Å². The van der Waals surface area contributed by atoms with Crippen molar-refractivity contribution < 1.29 is 16.8 Å². The number of fused-ring (bicyclic) bond motifs is 1. The third-order valence-electron chi connectivity index (χ3n) is 5.95. The molecule has 7 nitrogen and oxygen atoms in total. The first-order chi connectivity index (χ1) is 16.2. The maximum absolute atomic E-state index is 13.5. The lowest BCUT2D eigenvalue weighted by molar-refractivity contribution is 0.586. The summed E-state index contributed by atoms with van der Waals surface area (Å²) in [6, 6.07) is 13.3. The zero-order valence-electron chi connectivity index (χ0n) is 20.6. The van der Waals surface area contributed by atoms with E-state index in [2.05, 4.69) is 24.6 Å².